The van der Waals surface area contributed by atoms with Gasteiger partial charge >= 0.3 is 0 Å². The fourth-order valence-electron chi connectivity index (χ4n) is 5.32. The van der Waals surface area contributed by atoms with Crippen LogP contribution in [0.25, 0.3) is 22.3 Å². The molecule has 0 aliphatic rings. The van der Waals surface area contributed by atoms with E-state index in [0.717, 1.165) is 36.8 Å². The van der Waals surface area contributed by atoms with Crippen LogP contribution >= 0.6 is 0 Å². The monoisotopic (exact) mass is 582 g/mol. The minimum absolute atomic E-state index is 0.424. The first-order valence-corrected chi connectivity index (χ1v) is 14.9. The number of nitriles is 2. The van der Waals surface area contributed by atoms with Crippen molar-refractivity contribution >= 4 is 0 Å². The Balaban J connectivity index is 1.05. The molecule has 0 aliphatic heterocycles. The molecule has 0 unspecified atom stereocenters. The molecule has 43 heavy (non-hydrogen) atoms. The van der Waals surface area contributed by atoms with Crippen LogP contribution in [0.1, 0.15) is 80.0 Å². The van der Waals surface area contributed by atoms with Crippen LogP contribution in [0.4, 0.5) is 17.6 Å². The molecule has 0 saturated heterocycles. The summed E-state index contributed by atoms with van der Waals surface area (Å²) in [5.74, 6) is -3.37. The number of halogens is 4. The van der Waals surface area contributed by atoms with Gasteiger partial charge in [-0.1, -0.05) is 93.5 Å². The predicted octanol–water partition coefficient (Wildman–Crippen LogP) is 10.6. The van der Waals surface area contributed by atoms with Crippen molar-refractivity contribution in [2.45, 2.75) is 70.6 Å². The highest BCUT2D eigenvalue weighted by atomic mass is 19.1. The quantitative estimate of drug-likeness (QED) is 0.110. The van der Waals surface area contributed by atoms with Gasteiger partial charge in [0.2, 0.25) is 0 Å². The van der Waals surface area contributed by atoms with E-state index < -0.39 is 34.4 Å². The highest BCUT2D eigenvalue weighted by molar-refractivity contribution is 5.66. The Morgan fingerprint density at radius 2 is 0.674 bits per heavy atom. The molecule has 220 valence electrons. The number of rotatable bonds is 14. The second kappa shape index (κ2) is 15.7. The fourth-order valence-corrected chi connectivity index (χ4v) is 5.32. The largest absolute Gasteiger partial charge is 0.205 e. The molecule has 0 aliphatic carbocycles. The molecule has 4 aromatic carbocycles. The Morgan fingerprint density at radius 3 is 0.953 bits per heavy atom. The molecule has 0 amide bonds. The second-order valence-corrected chi connectivity index (χ2v) is 10.9. The van der Waals surface area contributed by atoms with Crippen LogP contribution in [0.2, 0.25) is 0 Å². The summed E-state index contributed by atoms with van der Waals surface area (Å²) in [4.78, 5) is 0. The molecule has 0 heterocycles. The molecule has 0 N–H and O–H groups in total. The lowest BCUT2D eigenvalue weighted by Gasteiger charge is -2.07. The maximum Gasteiger partial charge on any atom is 0.144 e. The van der Waals surface area contributed by atoms with Gasteiger partial charge < -0.3 is 0 Å². The minimum atomic E-state index is -0.842. The lowest BCUT2D eigenvalue weighted by Crippen LogP contribution is -1.92. The average Bonchev–Trinajstić information content (AvgIpc) is 3.00. The summed E-state index contributed by atoms with van der Waals surface area (Å²) in [6, 6.07) is 23.3. The summed E-state index contributed by atoms with van der Waals surface area (Å²) < 4.78 is 55.7. The number of nitrogens with zero attached hydrogens (tertiary/aromatic N) is 2. The second-order valence-electron chi connectivity index (χ2n) is 10.9. The van der Waals surface area contributed by atoms with E-state index in [1.165, 1.54) is 80.3 Å². The Bertz CT molecular complexity index is 1430. The summed E-state index contributed by atoms with van der Waals surface area (Å²) in [5.41, 5.74) is 3.58. The van der Waals surface area contributed by atoms with Gasteiger partial charge in [-0.15, -0.1) is 0 Å². The molecular formula is C37H34F4N2. The van der Waals surface area contributed by atoms with E-state index in [1.807, 2.05) is 48.5 Å². The van der Waals surface area contributed by atoms with Gasteiger partial charge in [-0.05, 0) is 83.3 Å². The van der Waals surface area contributed by atoms with Crippen molar-refractivity contribution in [3.05, 3.63) is 118 Å². The smallest absolute Gasteiger partial charge is 0.144 e. The third-order valence-electron chi connectivity index (χ3n) is 7.81. The van der Waals surface area contributed by atoms with E-state index in [-0.39, 0.29) is 0 Å². The van der Waals surface area contributed by atoms with Gasteiger partial charge in [-0.2, -0.15) is 10.5 Å². The van der Waals surface area contributed by atoms with Gasteiger partial charge in [-0.25, -0.2) is 17.6 Å². The number of unbranched alkanes of at least 4 members (excludes halogenated alkanes) is 8. The Labute approximate surface area is 251 Å². The molecule has 0 saturated carbocycles. The van der Waals surface area contributed by atoms with E-state index in [0.29, 0.717) is 11.1 Å². The normalized spacial score (nSPS) is 10.8. The zero-order chi connectivity index (χ0) is 30.6. The zero-order valence-electron chi connectivity index (χ0n) is 24.1. The lowest BCUT2D eigenvalue weighted by atomic mass is 9.99. The van der Waals surface area contributed by atoms with E-state index >= 15 is 0 Å². The van der Waals surface area contributed by atoms with Crippen LogP contribution in [0, 0.1) is 45.9 Å². The number of hydrogen-bond donors (Lipinski definition) is 0. The third-order valence-corrected chi connectivity index (χ3v) is 7.81. The number of hydrogen-bond acceptors (Lipinski definition) is 2. The van der Waals surface area contributed by atoms with E-state index in [9.17, 15) is 17.6 Å². The fraction of sp³-hybridized carbons (Fsp3) is 0.297. The van der Waals surface area contributed by atoms with E-state index in [1.54, 1.807) is 12.1 Å². The molecule has 0 aromatic heterocycles. The maximum atomic E-state index is 13.9. The summed E-state index contributed by atoms with van der Waals surface area (Å²) in [7, 11) is 0. The van der Waals surface area contributed by atoms with Crippen molar-refractivity contribution in [3.63, 3.8) is 0 Å². The molecule has 2 nitrogen and oxygen atoms in total. The van der Waals surface area contributed by atoms with Gasteiger partial charge in [-0.3, -0.25) is 0 Å². The van der Waals surface area contributed by atoms with E-state index in [2.05, 4.69) is 0 Å². The molecule has 4 rings (SSSR count). The molecule has 0 radical (unpaired) electrons. The first-order chi connectivity index (χ1) is 20.9. The summed E-state index contributed by atoms with van der Waals surface area (Å²) in [6.45, 7) is 0. The van der Waals surface area contributed by atoms with Crippen molar-refractivity contribution in [1.82, 2.24) is 0 Å². The van der Waals surface area contributed by atoms with Crippen molar-refractivity contribution in [2.24, 2.45) is 0 Å². The Morgan fingerprint density at radius 1 is 0.395 bits per heavy atom. The highest BCUT2D eigenvalue weighted by Gasteiger charge is 2.13. The standard InChI is InChI=1S/C37H34F4N2/c38-34-20-30(21-35(39)32(34)24-42)28-16-12-26(13-17-28)10-8-6-4-2-1-3-5-7-9-11-27-14-18-29(19-15-27)31-22-36(40)33(25-43)37(41)23-31/h12-23H,1-11H2. The highest BCUT2D eigenvalue weighted by Crippen LogP contribution is 2.26. The Hall–Kier alpha value is -4.42. The summed E-state index contributed by atoms with van der Waals surface area (Å²) >= 11 is 0. The van der Waals surface area contributed by atoms with Crippen molar-refractivity contribution in [3.8, 4) is 34.4 Å². The van der Waals surface area contributed by atoms with Crippen LogP contribution in [-0.2, 0) is 12.8 Å². The SMILES string of the molecule is N#Cc1c(F)cc(-c2ccc(CCCCCCCCCCCc3ccc(-c4cc(F)c(C#N)c(F)c4)cc3)cc2)cc1F. The topological polar surface area (TPSA) is 47.6 Å². The van der Waals surface area contributed by atoms with Gasteiger partial charge in [0.25, 0.3) is 0 Å². The molecule has 0 fully saturated rings. The predicted molar refractivity (Wildman–Crippen MR) is 162 cm³/mol. The van der Waals surface area contributed by atoms with Crippen LogP contribution in [0.15, 0.2) is 72.8 Å². The van der Waals surface area contributed by atoms with Crippen LogP contribution in [-0.4, -0.2) is 0 Å². The number of aryl methyl sites for hydroxylation is 2. The molecule has 6 heteroatoms. The minimum Gasteiger partial charge on any atom is -0.205 e. The van der Waals surface area contributed by atoms with Gasteiger partial charge in [0.15, 0.2) is 0 Å². The summed E-state index contributed by atoms with van der Waals surface area (Å²) in [5, 5.41) is 17.7. The molecule has 0 spiro atoms. The van der Waals surface area contributed by atoms with Gasteiger partial charge in [0.05, 0.1) is 0 Å². The van der Waals surface area contributed by atoms with Gasteiger partial charge in [0, 0.05) is 0 Å². The Kier molecular flexibility index (Phi) is 11.5. The van der Waals surface area contributed by atoms with Crippen molar-refractivity contribution in [2.75, 3.05) is 0 Å². The van der Waals surface area contributed by atoms with E-state index in [4.69, 9.17) is 10.5 Å². The van der Waals surface area contributed by atoms with Gasteiger partial charge in [0.1, 0.15) is 46.5 Å². The third kappa shape index (κ3) is 8.79. The van der Waals surface area contributed by atoms with Crippen molar-refractivity contribution in [1.29, 1.82) is 10.5 Å². The van der Waals surface area contributed by atoms with Crippen molar-refractivity contribution < 1.29 is 17.6 Å². The van der Waals surface area contributed by atoms with Crippen LogP contribution in [0.3, 0.4) is 0 Å². The van der Waals surface area contributed by atoms with Crippen LogP contribution < -0.4 is 0 Å². The molecule has 0 bridgehead atoms. The first-order valence-electron chi connectivity index (χ1n) is 14.9. The molecule has 0 atom stereocenters. The maximum absolute atomic E-state index is 13.9. The molecule has 4 aromatic rings. The molecular weight excluding hydrogens is 548 g/mol. The zero-order valence-corrected chi connectivity index (χ0v) is 24.1. The lowest BCUT2D eigenvalue weighted by molar-refractivity contribution is 0.558. The first kappa shape index (κ1) is 31.5. The van der Waals surface area contributed by atoms with Crippen LogP contribution in [0.5, 0.6) is 0 Å². The average molecular weight is 583 g/mol. The summed E-state index contributed by atoms with van der Waals surface area (Å²) in [6.07, 6.45) is 12.6. The number of benzene rings is 4.